The molecule has 0 fully saturated rings. The van der Waals surface area contributed by atoms with Crippen LogP contribution >= 0.6 is 11.3 Å². The normalized spacial score (nSPS) is 20.8. The first-order valence-corrected chi connectivity index (χ1v) is 10.2. The van der Waals surface area contributed by atoms with E-state index in [4.69, 9.17) is 4.74 Å². The molecular formula is C21H19N3O4S. The van der Waals surface area contributed by atoms with Gasteiger partial charge in [-0.05, 0) is 23.9 Å². The van der Waals surface area contributed by atoms with Crippen LogP contribution in [0.1, 0.15) is 40.7 Å². The summed E-state index contributed by atoms with van der Waals surface area (Å²) in [5, 5.41) is 21.5. The summed E-state index contributed by atoms with van der Waals surface area (Å²) in [7, 11) is 1.47. The molecule has 0 unspecified atom stereocenters. The summed E-state index contributed by atoms with van der Waals surface area (Å²) in [6, 6.07) is 9.16. The van der Waals surface area contributed by atoms with E-state index < -0.39 is 5.92 Å². The summed E-state index contributed by atoms with van der Waals surface area (Å²) in [6.07, 6.45) is 1.04. The van der Waals surface area contributed by atoms with Crippen molar-refractivity contribution in [3.05, 3.63) is 73.3 Å². The zero-order chi connectivity index (χ0) is 20.1. The lowest BCUT2D eigenvalue weighted by atomic mass is 9.73. The number of hydrogen-bond donors (Lipinski definition) is 4. The first-order valence-electron chi connectivity index (χ1n) is 9.31. The van der Waals surface area contributed by atoms with Crippen molar-refractivity contribution < 1.29 is 14.6 Å². The van der Waals surface area contributed by atoms with E-state index >= 15 is 0 Å². The number of aromatic amines is 2. The van der Waals surface area contributed by atoms with E-state index in [0.29, 0.717) is 41.1 Å². The third-order valence-electron chi connectivity index (χ3n) is 5.68. The predicted octanol–water partition coefficient (Wildman–Crippen LogP) is 3.44. The van der Waals surface area contributed by atoms with Crippen LogP contribution in [0.4, 0.5) is 5.82 Å². The van der Waals surface area contributed by atoms with Gasteiger partial charge in [0.2, 0.25) is 0 Å². The second kappa shape index (κ2) is 6.66. The number of fused-ring (bicyclic) bond motifs is 1. The van der Waals surface area contributed by atoms with E-state index in [1.165, 1.54) is 12.0 Å². The monoisotopic (exact) mass is 409 g/mol. The van der Waals surface area contributed by atoms with Gasteiger partial charge in [0, 0.05) is 34.0 Å². The fourth-order valence-electron chi connectivity index (χ4n) is 4.39. The van der Waals surface area contributed by atoms with Crippen LogP contribution in [-0.4, -0.2) is 28.2 Å². The Morgan fingerprint density at radius 3 is 2.76 bits per heavy atom. The number of rotatable bonds is 3. The number of ketones is 1. The fraction of sp³-hybridized carbons (Fsp3) is 0.238. The Hall–Kier alpha value is -3.26. The number of phenolic OH excluding ortho intramolecular Hbond substituents is 1. The maximum atomic E-state index is 13.3. The maximum absolute atomic E-state index is 13.3. The molecule has 2 aromatic heterocycles. The smallest absolute Gasteiger partial charge is 0.270 e. The SMILES string of the molecule is COc1cccc([C@H]2C3=C(C[C@@H](c4cccs4)CC3=O)Nc3[nH][nH]c(=O)c32)c1O. The first kappa shape index (κ1) is 17.8. The number of anilines is 1. The van der Waals surface area contributed by atoms with Crippen LogP contribution in [0.25, 0.3) is 0 Å². The number of carbonyl (C=O) groups is 1. The van der Waals surface area contributed by atoms with Crippen molar-refractivity contribution in [3.63, 3.8) is 0 Å². The number of aromatic nitrogens is 2. The molecule has 8 heteroatoms. The molecule has 0 saturated heterocycles. The average molecular weight is 409 g/mol. The summed E-state index contributed by atoms with van der Waals surface area (Å²) in [5.74, 6) is 0.185. The quantitative estimate of drug-likeness (QED) is 0.530. The number of aromatic hydroxyl groups is 1. The minimum Gasteiger partial charge on any atom is -0.504 e. The number of phenols is 1. The van der Waals surface area contributed by atoms with Crippen LogP contribution in [0, 0.1) is 0 Å². The molecule has 148 valence electrons. The highest BCUT2D eigenvalue weighted by atomic mass is 32.1. The highest BCUT2D eigenvalue weighted by molar-refractivity contribution is 7.10. The van der Waals surface area contributed by atoms with E-state index in [-0.39, 0.29) is 23.0 Å². The summed E-state index contributed by atoms with van der Waals surface area (Å²) in [6.45, 7) is 0. The average Bonchev–Trinajstić information content (AvgIpc) is 3.37. The standard InChI is InChI=1S/C21H19N3O4S/c1-28-14-5-2-4-11(19(14)26)16-17-12(22-20-18(16)21(27)24-23-20)8-10(9-13(17)25)15-6-3-7-29-15/h2-7,10,16,26H,8-9H2,1H3,(H3,22,23,24,27)/t10-,16+/m1/s1. The number of thiophene rings is 1. The Balaban J connectivity index is 1.69. The molecule has 3 heterocycles. The molecule has 0 saturated carbocycles. The van der Waals surface area contributed by atoms with Gasteiger partial charge in [0.25, 0.3) is 5.56 Å². The molecule has 0 spiro atoms. The summed E-state index contributed by atoms with van der Waals surface area (Å²) >= 11 is 1.64. The highest BCUT2D eigenvalue weighted by Crippen LogP contribution is 2.49. The summed E-state index contributed by atoms with van der Waals surface area (Å²) in [4.78, 5) is 27.0. The van der Waals surface area contributed by atoms with Crippen LogP contribution in [-0.2, 0) is 4.79 Å². The van der Waals surface area contributed by atoms with E-state index in [1.807, 2.05) is 17.5 Å². The second-order valence-electron chi connectivity index (χ2n) is 7.26. The minimum absolute atomic E-state index is 0.0179. The van der Waals surface area contributed by atoms with Crippen LogP contribution in [0.3, 0.4) is 0 Å². The number of methoxy groups -OCH3 is 1. The molecule has 0 radical (unpaired) electrons. The number of ether oxygens (including phenoxy) is 1. The molecule has 4 N–H and O–H groups in total. The third kappa shape index (κ3) is 2.71. The molecular weight excluding hydrogens is 390 g/mol. The van der Waals surface area contributed by atoms with Gasteiger partial charge in [-0.15, -0.1) is 11.3 Å². The van der Waals surface area contributed by atoms with Crippen molar-refractivity contribution in [2.45, 2.75) is 24.7 Å². The third-order valence-corrected chi connectivity index (χ3v) is 6.72. The largest absolute Gasteiger partial charge is 0.504 e. The zero-order valence-electron chi connectivity index (χ0n) is 15.6. The molecule has 1 aromatic carbocycles. The molecule has 5 rings (SSSR count). The number of para-hydroxylation sites is 1. The van der Waals surface area contributed by atoms with Crippen LogP contribution in [0.5, 0.6) is 11.5 Å². The molecule has 1 aliphatic carbocycles. The lowest BCUT2D eigenvalue weighted by Gasteiger charge is -2.34. The number of H-pyrrole nitrogens is 2. The van der Waals surface area contributed by atoms with Gasteiger partial charge < -0.3 is 15.2 Å². The van der Waals surface area contributed by atoms with Gasteiger partial charge in [0.05, 0.1) is 18.6 Å². The van der Waals surface area contributed by atoms with Crippen LogP contribution in [0.2, 0.25) is 0 Å². The van der Waals surface area contributed by atoms with Crippen molar-refractivity contribution in [1.29, 1.82) is 0 Å². The zero-order valence-corrected chi connectivity index (χ0v) is 16.4. The van der Waals surface area contributed by atoms with Crippen LogP contribution < -0.4 is 15.6 Å². The summed E-state index contributed by atoms with van der Waals surface area (Å²) in [5.41, 5.74) is 1.89. The Morgan fingerprint density at radius 1 is 1.14 bits per heavy atom. The van der Waals surface area contributed by atoms with E-state index in [1.54, 1.807) is 29.5 Å². The number of carbonyl (C=O) groups excluding carboxylic acids is 1. The lowest BCUT2D eigenvalue weighted by Crippen LogP contribution is -2.31. The Kier molecular flexibility index (Phi) is 4.09. The topological polar surface area (TPSA) is 107 Å². The second-order valence-corrected chi connectivity index (χ2v) is 8.24. The molecule has 1 aliphatic heterocycles. The number of allylic oxidation sites excluding steroid dienone is 2. The number of Topliss-reactive ketones (excluding diaryl/α,β-unsaturated/α-hetero) is 1. The molecule has 2 aliphatic rings. The number of hydrogen-bond acceptors (Lipinski definition) is 6. The first-order chi connectivity index (χ1) is 14.1. The minimum atomic E-state index is -0.664. The van der Waals surface area contributed by atoms with Crippen LogP contribution in [0.15, 0.2) is 51.8 Å². The molecule has 0 amide bonds. The van der Waals surface area contributed by atoms with Gasteiger partial charge in [0.15, 0.2) is 17.3 Å². The maximum Gasteiger partial charge on any atom is 0.270 e. The molecule has 0 bridgehead atoms. The van der Waals surface area contributed by atoms with E-state index in [2.05, 4.69) is 15.5 Å². The fourth-order valence-corrected chi connectivity index (χ4v) is 5.22. The van der Waals surface area contributed by atoms with Gasteiger partial charge in [-0.25, -0.2) is 0 Å². The molecule has 3 aromatic rings. The van der Waals surface area contributed by atoms with Gasteiger partial charge in [0.1, 0.15) is 5.82 Å². The Bertz CT molecular complexity index is 1190. The van der Waals surface area contributed by atoms with Crippen molar-refractivity contribution in [2.75, 3.05) is 12.4 Å². The van der Waals surface area contributed by atoms with Crippen molar-refractivity contribution in [2.24, 2.45) is 0 Å². The van der Waals surface area contributed by atoms with E-state index in [9.17, 15) is 14.7 Å². The molecule has 2 atom stereocenters. The Labute approximate surface area is 170 Å². The van der Waals surface area contributed by atoms with Gasteiger partial charge >= 0.3 is 0 Å². The Morgan fingerprint density at radius 2 is 2.00 bits per heavy atom. The summed E-state index contributed by atoms with van der Waals surface area (Å²) < 4.78 is 5.25. The van der Waals surface area contributed by atoms with Crippen molar-refractivity contribution >= 4 is 22.9 Å². The number of benzene rings is 1. The number of nitrogens with one attached hydrogen (secondary N) is 3. The molecule has 7 nitrogen and oxygen atoms in total. The van der Waals surface area contributed by atoms with Crippen molar-refractivity contribution in [1.82, 2.24) is 10.2 Å². The van der Waals surface area contributed by atoms with Gasteiger partial charge in [-0.3, -0.25) is 19.8 Å². The van der Waals surface area contributed by atoms with E-state index in [0.717, 1.165) is 5.70 Å². The molecule has 29 heavy (non-hydrogen) atoms. The predicted molar refractivity (Wildman–Crippen MR) is 110 cm³/mol. The van der Waals surface area contributed by atoms with Crippen molar-refractivity contribution in [3.8, 4) is 11.5 Å². The lowest BCUT2D eigenvalue weighted by molar-refractivity contribution is -0.116. The van der Waals surface area contributed by atoms with Gasteiger partial charge in [-0.2, -0.15) is 0 Å². The highest BCUT2D eigenvalue weighted by Gasteiger charge is 2.41. The van der Waals surface area contributed by atoms with Gasteiger partial charge in [-0.1, -0.05) is 18.2 Å².